The molecule has 8 heavy (non-hydrogen) atoms. The second kappa shape index (κ2) is 4.36. The predicted molar refractivity (Wildman–Crippen MR) is 47.2 cm³/mol. The maximum absolute atomic E-state index is 2.28. The van der Waals surface area contributed by atoms with Gasteiger partial charge in [0.05, 0.1) is 0 Å². The Morgan fingerprint density at radius 3 is 2.25 bits per heavy atom. The van der Waals surface area contributed by atoms with Crippen molar-refractivity contribution in [3.8, 4) is 0 Å². The molecule has 0 aromatic heterocycles. The van der Waals surface area contributed by atoms with Gasteiger partial charge >= 0.3 is 0 Å². The molecule has 0 rings (SSSR count). The Bertz CT molecular complexity index is 82.4. The Balaban J connectivity index is 3.39. The molecule has 0 saturated carbocycles. The van der Waals surface area contributed by atoms with Crippen molar-refractivity contribution in [1.82, 2.24) is 0 Å². The van der Waals surface area contributed by atoms with Gasteiger partial charge in [0.25, 0.3) is 0 Å². The van der Waals surface area contributed by atoms with Crippen molar-refractivity contribution in [2.24, 2.45) is 5.92 Å². The maximum atomic E-state index is 2.28. The minimum Gasteiger partial charge on any atom is -0.0670 e. The van der Waals surface area contributed by atoms with Gasteiger partial charge in [-0.15, -0.1) is 0 Å². The fourth-order valence-corrected chi connectivity index (χ4v) is 0.943. The highest BCUT2D eigenvalue weighted by molar-refractivity contribution is 14.1. The Kier molecular flexibility index (Phi) is 4.61. The Labute approximate surface area is 65.5 Å². The average Bonchev–Trinajstić information content (AvgIpc) is 1.65. The van der Waals surface area contributed by atoms with Crippen LogP contribution >= 0.6 is 22.6 Å². The topological polar surface area (TPSA) is 0 Å². The fraction of sp³-hybridized carbons (Fsp3) is 0.714. The van der Waals surface area contributed by atoms with E-state index >= 15 is 0 Å². The van der Waals surface area contributed by atoms with Crippen LogP contribution in [0.1, 0.15) is 27.2 Å². The summed E-state index contributed by atoms with van der Waals surface area (Å²) < 4.78 is 2.15. The molecule has 0 aromatic carbocycles. The van der Waals surface area contributed by atoms with Crippen LogP contribution in [-0.2, 0) is 0 Å². The van der Waals surface area contributed by atoms with Crippen molar-refractivity contribution in [3.63, 3.8) is 0 Å². The van der Waals surface area contributed by atoms with E-state index in [0.29, 0.717) is 0 Å². The number of hydrogen-bond acceptors (Lipinski definition) is 0. The second-order valence-electron chi connectivity index (χ2n) is 2.55. The van der Waals surface area contributed by atoms with Crippen molar-refractivity contribution in [1.29, 1.82) is 0 Å². The van der Waals surface area contributed by atoms with E-state index in [9.17, 15) is 0 Å². The zero-order valence-corrected chi connectivity index (χ0v) is 7.90. The van der Waals surface area contributed by atoms with Crippen LogP contribution in [0.15, 0.2) is 9.66 Å². The smallest absolute Gasteiger partial charge is 0.0244 e. The molecule has 0 nitrogen and oxygen atoms in total. The molecule has 0 N–H and O–H groups in total. The molecule has 0 spiro atoms. The first-order chi connectivity index (χ1) is 3.66. The molecule has 0 heterocycles. The Morgan fingerprint density at radius 1 is 1.62 bits per heavy atom. The summed E-state index contributed by atoms with van der Waals surface area (Å²) in [4.78, 5) is 0. The van der Waals surface area contributed by atoms with Crippen LogP contribution in [0.2, 0.25) is 0 Å². The van der Waals surface area contributed by atoms with Gasteiger partial charge in [0, 0.05) is 0 Å². The van der Waals surface area contributed by atoms with E-state index in [4.69, 9.17) is 0 Å². The molecule has 0 aliphatic heterocycles. The highest BCUT2D eigenvalue weighted by Gasteiger charge is 1.92. The van der Waals surface area contributed by atoms with Crippen LogP contribution in [-0.4, -0.2) is 0 Å². The molecule has 0 unspecified atom stereocenters. The third-order valence-corrected chi connectivity index (χ3v) is 1.98. The monoisotopic (exact) mass is 224 g/mol. The highest BCUT2D eigenvalue weighted by Crippen LogP contribution is 2.10. The summed E-state index contributed by atoms with van der Waals surface area (Å²) in [6.45, 7) is 6.65. The number of rotatable bonds is 2. The van der Waals surface area contributed by atoms with Crippen molar-refractivity contribution in [3.05, 3.63) is 9.66 Å². The highest BCUT2D eigenvalue weighted by atomic mass is 127. The van der Waals surface area contributed by atoms with Gasteiger partial charge < -0.3 is 0 Å². The SMILES string of the molecule is C/C(=C\I)CC(C)C. The Morgan fingerprint density at radius 2 is 2.12 bits per heavy atom. The predicted octanol–water partition coefficient (Wildman–Crippen LogP) is 3.37. The number of hydrogen-bond donors (Lipinski definition) is 0. The van der Waals surface area contributed by atoms with E-state index in [1.165, 1.54) is 12.0 Å². The lowest BCUT2D eigenvalue weighted by atomic mass is 10.1. The zero-order valence-electron chi connectivity index (χ0n) is 5.74. The van der Waals surface area contributed by atoms with Crippen molar-refractivity contribution >= 4 is 22.6 Å². The number of halogens is 1. The van der Waals surface area contributed by atoms with Crippen molar-refractivity contribution in [2.45, 2.75) is 27.2 Å². The maximum Gasteiger partial charge on any atom is -0.0244 e. The second-order valence-corrected chi connectivity index (χ2v) is 3.18. The van der Waals surface area contributed by atoms with Crippen LogP contribution in [0.4, 0.5) is 0 Å². The minimum atomic E-state index is 0.806. The van der Waals surface area contributed by atoms with Gasteiger partial charge in [0.2, 0.25) is 0 Å². The van der Waals surface area contributed by atoms with E-state index in [2.05, 4.69) is 47.4 Å². The van der Waals surface area contributed by atoms with Crippen molar-refractivity contribution < 1.29 is 0 Å². The van der Waals surface area contributed by atoms with Gasteiger partial charge in [-0.1, -0.05) is 42.0 Å². The van der Waals surface area contributed by atoms with Gasteiger partial charge in [-0.3, -0.25) is 0 Å². The van der Waals surface area contributed by atoms with E-state index in [1.807, 2.05) is 0 Å². The van der Waals surface area contributed by atoms with Crippen LogP contribution in [0.25, 0.3) is 0 Å². The lowest BCUT2D eigenvalue weighted by Crippen LogP contribution is -1.85. The first-order valence-corrected chi connectivity index (χ1v) is 4.17. The molecule has 0 saturated heterocycles. The molecule has 0 aliphatic carbocycles. The summed E-state index contributed by atoms with van der Waals surface area (Å²) in [5, 5.41) is 0. The van der Waals surface area contributed by atoms with Crippen LogP contribution in [0, 0.1) is 5.92 Å². The molecule has 0 atom stereocenters. The van der Waals surface area contributed by atoms with Gasteiger partial charge in [0.15, 0.2) is 0 Å². The quantitative estimate of drug-likeness (QED) is 0.631. The van der Waals surface area contributed by atoms with E-state index < -0.39 is 0 Å². The van der Waals surface area contributed by atoms with Gasteiger partial charge in [-0.05, 0) is 23.3 Å². The van der Waals surface area contributed by atoms with Crippen LogP contribution in [0.3, 0.4) is 0 Å². The Hall–Kier alpha value is 0.470. The fourth-order valence-electron chi connectivity index (χ4n) is 0.688. The molecule has 0 aliphatic rings. The summed E-state index contributed by atoms with van der Waals surface area (Å²) in [6, 6.07) is 0. The summed E-state index contributed by atoms with van der Waals surface area (Å²) in [6.07, 6.45) is 1.24. The molecule has 0 radical (unpaired) electrons. The number of allylic oxidation sites excluding steroid dienone is 1. The summed E-state index contributed by atoms with van der Waals surface area (Å²) >= 11 is 2.28. The molecule has 0 bridgehead atoms. The van der Waals surface area contributed by atoms with Crippen LogP contribution in [0.5, 0.6) is 0 Å². The molecular formula is C7H13I. The molecular weight excluding hydrogens is 211 g/mol. The van der Waals surface area contributed by atoms with E-state index in [-0.39, 0.29) is 0 Å². The first-order valence-electron chi connectivity index (χ1n) is 2.92. The minimum absolute atomic E-state index is 0.806. The summed E-state index contributed by atoms with van der Waals surface area (Å²) in [7, 11) is 0. The average molecular weight is 224 g/mol. The molecule has 0 aromatic rings. The third kappa shape index (κ3) is 4.62. The summed E-state index contributed by atoms with van der Waals surface area (Å²) in [5.74, 6) is 0.806. The van der Waals surface area contributed by atoms with E-state index in [0.717, 1.165) is 5.92 Å². The molecule has 1 heteroatoms. The molecule has 0 amide bonds. The standard InChI is InChI=1S/C7H13I/c1-6(2)4-7(3)5-8/h5-6H,4H2,1-3H3/b7-5+. The summed E-state index contributed by atoms with van der Waals surface area (Å²) in [5.41, 5.74) is 1.49. The molecule has 48 valence electrons. The van der Waals surface area contributed by atoms with E-state index in [1.54, 1.807) is 0 Å². The normalized spacial score (nSPS) is 12.9. The first kappa shape index (κ1) is 8.47. The molecule has 0 fully saturated rings. The lowest BCUT2D eigenvalue weighted by molar-refractivity contribution is 0.643. The third-order valence-electron chi connectivity index (χ3n) is 0.916. The lowest BCUT2D eigenvalue weighted by Gasteiger charge is -2.01. The van der Waals surface area contributed by atoms with Crippen molar-refractivity contribution in [2.75, 3.05) is 0 Å². The van der Waals surface area contributed by atoms with Gasteiger partial charge in [-0.25, -0.2) is 0 Å². The largest absolute Gasteiger partial charge is 0.0670 e. The van der Waals surface area contributed by atoms with Gasteiger partial charge in [-0.2, -0.15) is 0 Å². The zero-order chi connectivity index (χ0) is 6.57. The van der Waals surface area contributed by atoms with Crippen LogP contribution < -0.4 is 0 Å². The van der Waals surface area contributed by atoms with Gasteiger partial charge in [0.1, 0.15) is 0 Å².